The van der Waals surface area contributed by atoms with E-state index in [2.05, 4.69) is 16.0 Å². The number of ether oxygens (including phenoxy) is 1. The molecule has 1 fully saturated rings. The first kappa shape index (κ1) is 23.1. The molecule has 0 radical (unpaired) electrons. The zero-order chi connectivity index (χ0) is 22.6. The summed E-state index contributed by atoms with van der Waals surface area (Å²) < 4.78 is 44.6. The fourth-order valence-corrected chi connectivity index (χ4v) is 3.88. The SMILES string of the molecule is CC[C@@H]1OC[C@@H](O)Nc2ccc(CNC(=O)NCC(=O)N3CCC[C@@H]3C(F)(F)F)cc21. The third kappa shape index (κ3) is 5.79. The number of nitrogens with zero attached hydrogens (tertiary/aromatic N) is 1. The Balaban J connectivity index is 1.52. The van der Waals surface area contributed by atoms with E-state index in [1.165, 1.54) is 0 Å². The first-order chi connectivity index (χ1) is 14.7. The molecule has 1 saturated heterocycles. The van der Waals surface area contributed by atoms with Crippen LogP contribution in [0.5, 0.6) is 0 Å². The lowest BCUT2D eigenvalue weighted by molar-refractivity contribution is -0.182. The molecule has 8 nitrogen and oxygen atoms in total. The number of benzene rings is 1. The molecule has 1 aromatic carbocycles. The van der Waals surface area contributed by atoms with Gasteiger partial charge < -0.3 is 30.7 Å². The van der Waals surface area contributed by atoms with Gasteiger partial charge in [0.1, 0.15) is 12.3 Å². The van der Waals surface area contributed by atoms with Crippen LogP contribution in [0.4, 0.5) is 23.7 Å². The molecule has 3 rings (SSSR count). The number of hydrogen-bond donors (Lipinski definition) is 4. The molecule has 31 heavy (non-hydrogen) atoms. The van der Waals surface area contributed by atoms with Crippen molar-refractivity contribution in [2.45, 2.75) is 57.3 Å². The predicted octanol–water partition coefficient (Wildman–Crippen LogP) is 2.25. The Morgan fingerprint density at radius 1 is 1.32 bits per heavy atom. The van der Waals surface area contributed by atoms with Crippen molar-refractivity contribution in [2.75, 3.05) is 25.0 Å². The van der Waals surface area contributed by atoms with Crippen LogP contribution in [0, 0.1) is 0 Å². The quantitative estimate of drug-likeness (QED) is 0.558. The number of carbonyl (C=O) groups excluding carboxylic acids is 2. The molecule has 0 unspecified atom stereocenters. The zero-order valence-corrected chi connectivity index (χ0v) is 17.2. The molecule has 11 heteroatoms. The molecule has 4 N–H and O–H groups in total. The number of fused-ring (bicyclic) bond motifs is 1. The van der Waals surface area contributed by atoms with Gasteiger partial charge in [-0.25, -0.2) is 4.79 Å². The van der Waals surface area contributed by atoms with Crippen LogP contribution in [0.1, 0.15) is 43.4 Å². The van der Waals surface area contributed by atoms with E-state index in [0.717, 1.165) is 21.7 Å². The van der Waals surface area contributed by atoms with Crippen molar-refractivity contribution in [3.63, 3.8) is 0 Å². The number of nitrogens with one attached hydrogen (secondary N) is 3. The third-order valence-corrected chi connectivity index (χ3v) is 5.42. The second-order valence-electron chi connectivity index (χ2n) is 7.63. The smallest absolute Gasteiger partial charge is 0.371 e. The highest BCUT2D eigenvalue weighted by atomic mass is 19.4. The lowest BCUT2D eigenvalue weighted by atomic mass is 10.0. The summed E-state index contributed by atoms with van der Waals surface area (Å²) in [5.74, 6) is -0.757. The van der Waals surface area contributed by atoms with E-state index in [-0.39, 0.29) is 38.6 Å². The number of aliphatic hydroxyl groups excluding tert-OH is 1. The van der Waals surface area contributed by atoms with E-state index < -0.39 is 36.9 Å². The van der Waals surface area contributed by atoms with Crippen molar-refractivity contribution in [1.82, 2.24) is 15.5 Å². The van der Waals surface area contributed by atoms with Crippen LogP contribution in [-0.2, 0) is 16.1 Å². The average molecular weight is 444 g/mol. The third-order valence-electron chi connectivity index (χ3n) is 5.42. The van der Waals surface area contributed by atoms with E-state index >= 15 is 0 Å². The largest absolute Gasteiger partial charge is 0.408 e. The average Bonchev–Trinajstić information content (AvgIpc) is 3.17. The van der Waals surface area contributed by atoms with E-state index in [1.807, 2.05) is 13.0 Å². The standard InChI is InChI=1S/C20H27F3N4O4/c1-2-15-13-8-12(5-6-14(13)26-17(28)11-31-15)9-24-19(30)25-10-18(29)27-7-3-4-16(27)20(21,22)23/h5-6,8,15-17,26,28H,2-4,7,9-11H2,1H3,(H2,24,25,30)/t15-,16+,17+/m0/s1. The lowest BCUT2D eigenvalue weighted by Crippen LogP contribution is -2.49. The molecule has 1 aromatic rings. The maximum Gasteiger partial charge on any atom is 0.408 e. The van der Waals surface area contributed by atoms with Crippen molar-refractivity contribution in [3.8, 4) is 0 Å². The molecule has 0 spiro atoms. The second kappa shape index (κ2) is 9.73. The summed E-state index contributed by atoms with van der Waals surface area (Å²) in [6, 6.07) is 2.99. The van der Waals surface area contributed by atoms with Crippen LogP contribution in [0.25, 0.3) is 0 Å². The number of urea groups is 1. The van der Waals surface area contributed by atoms with E-state index in [0.29, 0.717) is 6.42 Å². The maximum atomic E-state index is 13.0. The van der Waals surface area contributed by atoms with Gasteiger partial charge >= 0.3 is 12.2 Å². The molecule has 0 aromatic heterocycles. The number of amides is 3. The number of hydrogen-bond acceptors (Lipinski definition) is 5. The Labute approximate surface area is 178 Å². The summed E-state index contributed by atoms with van der Waals surface area (Å²) in [5.41, 5.74) is 2.39. The van der Waals surface area contributed by atoms with Gasteiger partial charge in [-0.1, -0.05) is 13.0 Å². The summed E-state index contributed by atoms with van der Waals surface area (Å²) in [6.07, 6.45) is -4.60. The molecule has 172 valence electrons. The molecular weight excluding hydrogens is 417 g/mol. The van der Waals surface area contributed by atoms with Gasteiger partial charge in [-0.05, 0) is 37.0 Å². The first-order valence-electron chi connectivity index (χ1n) is 10.3. The van der Waals surface area contributed by atoms with Gasteiger partial charge in [-0.3, -0.25) is 4.79 Å². The van der Waals surface area contributed by atoms with Crippen molar-refractivity contribution in [2.24, 2.45) is 0 Å². The Morgan fingerprint density at radius 2 is 2.10 bits per heavy atom. The molecule has 2 aliphatic rings. The van der Waals surface area contributed by atoms with Crippen LogP contribution in [0.2, 0.25) is 0 Å². The Kier molecular flexibility index (Phi) is 7.26. The van der Waals surface area contributed by atoms with E-state index in [1.54, 1.807) is 12.1 Å². The molecule has 0 aliphatic carbocycles. The van der Waals surface area contributed by atoms with Crippen molar-refractivity contribution < 1.29 is 32.6 Å². The lowest BCUT2D eigenvalue weighted by Gasteiger charge is -2.26. The predicted molar refractivity (Wildman–Crippen MR) is 106 cm³/mol. The number of alkyl halides is 3. The van der Waals surface area contributed by atoms with Crippen LogP contribution in [-0.4, -0.2) is 60.1 Å². The summed E-state index contributed by atoms with van der Waals surface area (Å²) in [7, 11) is 0. The topological polar surface area (TPSA) is 103 Å². The van der Waals surface area contributed by atoms with Gasteiger partial charge in [0, 0.05) is 24.3 Å². The molecule has 2 heterocycles. The summed E-state index contributed by atoms with van der Waals surface area (Å²) in [5, 5.41) is 17.7. The molecule has 3 amide bonds. The number of aliphatic hydroxyl groups is 1. The number of carbonyl (C=O) groups is 2. The van der Waals surface area contributed by atoms with Crippen molar-refractivity contribution in [1.29, 1.82) is 0 Å². The van der Waals surface area contributed by atoms with E-state index in [9.17, 15) is 27.9 Å². The summed E-state index contributed by atoms with van der Waals surface area (Å²) in [6.45, 7) is 1.80. The highest BCUT2D eigenvalue weighted by Crippen LogP contribution is 2.33. The van der Waals surface area contributed by atoms with Crippen molar-refractivity contribution in [3.05, 3.63) is 29.3 Å². The minimum Gasteiger partial charge on any atom is -0.371 e. The molecule has 0 bridgehead atoms. The summed E-state index contributed by atoms with van der Waals surface area (Å²) >= 11 is 0. The number of likely N-dealkylation sites (tertiary alicyclic amines) is 1. The van der Waals surface area contributed by atoms with Crippen molar-refractivity contribution >= 4 is 17.6 Å². The second-order valence-corrected chi connectivity index (χ2v) is 7.63. The maximum absolute atomic E-state index is 13.0. The zero-order valence-electron chi connectivity index (χ0n) is 17.2. The van der Waals surface area contributed by atoms with Crippen LogP contribution in [0.15, 0.2) is 18.2 Å². The van der Waals surface area contributed by atoms with Gasteiger partial charge in [0.25, 0.3) is 0 Å². The number of rotatable bonds is 5. The molecule has 3 atom stereocenters. The van der Waals surface area contributed by atoms with Gasteiger partial charge in [0.2, 0.25) is 5.91 Å². The molecule has 0 saturated carbocycles. The molecular formula is C20H27F3N4O4. The normalized spacial score (nSPS) is 23.5. The van der Waals surface area contributed by atoms with Gasteiger partial charge in [-0.2, -0.15) is 13.2 Å². The minimum absolute atomic E-state index is 0.0326. The van der Waals surface area contributed by atoms with Crippen LogP contribution in [0.3, 0.4) is 0 Å². The summed E-state index contributed by atoms with van der Waals surface area (Å²) in [4.78, 5) is 24.9. The monoisotopic (exact) mass is 444 g/mol. The van der Waals surface area contributed by atoms with Gasteiger partial charge in [0.15, 0.2) is 0 Å². The Hall–Kier alpha value is -2.53. The van der Waals surface area contributed by atoms with Gasteiger partial charge in [0.05, 0.1) is 19.3 Å². The highest BCUT2D eigenvalue weighted by molar-refractivity contribution is 5.84. The Bertz CT molecular complexity index is 805. The number of anilines is 1. The van der Waals surface area contributed by atoms with Crippen LogP contribution < -0.4 is 16.0 Å². The van der Waals surface area contributed by atoms with Crippen LogP contribution >= 0.6 is 0 Å². The highest BCUT2D eigenvalue weighted by Gasteiger charge is 2.47. The van der Waals surface area contributed by atoms with Gasteiger partial charge in [-0.15, -0.1) is 0 Å². The minimum atomic E-state index is -4.47. The fourth-order valence-electron chi connectivity index (χ4n) is 3.88. The first-order valence-corrected chi connectivity index (χ1v) is 10.3. The fraction of sp³-hybridized carbons (Fsp3) is 0.600. The molecule has 2 aliphatic heterocycles. The number of halogens is 3. The van der Waals surface area contributed by atoms with E-state index in [4.69, 9.17) is 4.74 Å². The Morgan fingerprint density at radius 3 is 2.81 bits per heavy atom.